The van der Waals surface area contributed by atoms with Crippen molar-refractivity contribution in [2.75, 3.05) is 12.8 Å². The maximum absolute atomic E-state index is 13.2. The molecule has 3 N–H and O–H groups in total. The van der Waals surface area contributed by atoms with E-state index >= 15 is 0 Å². The minimum absolute atomic E-state index is 0.330. The number of benzene rings is 2. The molecule has 110 valence electrons. The molecular weight excluding hydrogens is 271 g/mol. The number of ether oxygens (including phenoxy) is 1. The van der Waals surface area contributed by atoms with Crippen molar-refractivity contribution in [2.45, 2.75) is 13.0 Å². The summed E-state index contributed by atoms with van der Waals surface area (Å²) in [6, 6.07) is 10.6. The first-order chi connectivity index (χ1) is 10.0. The smallest absolute Gasteiger partial charge is 0.253 e. The molecular formula is C16H17FN2O2. The lowest BCUT2D eigenvalue weighted by Gasteiger charge is -2.15. The zero-order valence-corrected chi connectivity index (χ0v) is 11.9. The minimum Gasteiger partial charge on any atom is -0.497 e. The lowest BCUT2D eigenvalue weighted by Crippen LogP contribution is -2.27. The van der Waals surface area contributed by atoms with Gasteiger partial charge < -0.3 is 15.8 Å². The number of nitrogens with two attached hydrogens (primary N) is 1. The third-order valence-corrected chi connectivity index (χ3v) is 3.20. The van der Waals surface area contributed by atoms with E-state index in [0.717, 1.165) is 0 Å². The molecule has 5 heteroatoms. The van der Waals surface area contributed by atoms with Crippen molar-refractivity contribution in [3.63, 3.8) is 0 Å². The van der Waals surface area contributed by atoms with E-state index in [0.29, 0.717) is 22.6 Å². The van der Waals surface area contributed by atoms with E-state index in [-0.39, 0.29) is 17.8 Å². The second-order valence-electron chi connectivity index (χ2n) is 4.70. The van der Waals surface area contributed by atoms with E-state index < -0.39 is 0 Å². The molecule has 0 spiro atoms. The minimum atomic E-state index is -0.338. The lowest BCUT2D eigenvalue weighted by molar-refractivity contribution is 0.0940. The second-order valence-corrected chi connectivity index (χ2v) is 4.70. The number of nitrogens with one attached hydrogen (secondary N) is 1. The quantitative estimate of drug-likeness (QED) is 0.850. The van der Waals surface area contributed by atoms with Crippen molar-refractivity contribution in [1.82, 2.24) is 5.32 Å². The van der Waals surface area contributed by atoms with Gasteiger partial charge >= 0.3 is 0 Å². The number of anilines is 1. The van der Waals surface area contributed by atoms with Crippen LogP contribution in [0, 0.1) is 5.82 Å². The predicted molar refractivity (Wildman–Crippen MR) is 79.7 cm³/mol. The Morgan fingerprint density at radius 1 is 1.29 bits per heavy atom. The van der Waals surface area contributed by atoms with Gasteiger partial charge in [-0.3, -0.25) is 4.79 Å². The third-order valence-electron chi connectivity index (χ3n) is 3.20. The Hall–Kier alpha value is -2.56. The summed E-state index contributed by atoms with van der Waals surface area (Å²) in [5.74, 6) is -0.120. The number of hydrogen-bond acceptors (Lipinski definition) is 3. The normalized spacial score (nSPS) is 11.8. The summed E-state index contributed by atoms with van der Waals surface area (Å²) < 4.78 is 18.3. The largest absolute Gasteiger partial charge is 0.497 e. The van der Waals surface area contributed by atoms with E-state index in [1.807, 2.05) is 0 Å². The number of methoxy groups -OCH3 is 1. The highest BCUT2D eigenvalue weighted by Gasteiger charge is 2.15. The number of rotatable bonds is 4. The summed E-state index contributed by atoms with van der Waals surface area (Å²) in [7, 11) is 1.52. The van der Waals surface area contributed by atoms with Crippen LogP contribution in [-0.4, -0.2) is 13.0 Å². The second kappa shape index (κ2) is 6.26. The fourth-order valence-corrected chi connectivity index (χ4v) is 1.99. The van der Waals surface area contributed by atoms with E-state index in [4.69, 9.17) is 10.5 Å². The number of halogens is 1. The molecule has 1 atom stereocenters. The third kappa shape index (κ3) is 3.51. The van der Waals surface area contributed by atoms with Gasteiger partial charge in [-0.05, 0) is 42.8 Å². The molecule has 0 aliphatic carbocycles. The van der Waals surface area contributed by atoms with Gasteiger partial charge in [0.05, 0.1) is 18.7 Å². The Bertz CT molecular complexity index is 658. The van der Waals surface area contributed by atoms with Crippen molar-refractivity contribution < 1.29 is 13.9 Å². The van der Waals surface area contributed by atoms with Crippen LogP contribution < -0.4 is 15.8 Å². The van der Waals surface area contributed by atoms with Crippen LogP contribution in [0.25, 0.3) is 0 Å². The van der Waals surface area contributed by atoms with E-state index in [1.54, 1.807) is 37.3 Å². The summed E-state index contributed by atoms with van der Waals surface area (Å²) in [4.78, 5) is 12.3. The molecule has 1 amide bonds. The molecule has 0 heterocycles. The first kappa shape index (κ1) is 14.8. The van der Waals surface area contributed by atoms with Crippen molar-refractivity contribution in [3.8, 4) is 5.75 Å². The maximum Gasteiger partial charge on any atom is 0.253 e. The highest BCUT2D eigenvalue weighted by atomic mass is 19.1. The van der Waals surface area contributed by atoms with Gasteiger partial charge in [-0.25, -0.2) is 4.39 Å². The van der Waals surface area contributed by atoms with E-state index in [9.17, 15) is 9.18 Å². The molecule has 2 rings (SSSR count). The van der Waals surface area contributed by atoms with Crippen LogP contribution >= 0.6 is 0 Å². The van der Waals surface area contributed by atoms with Crippen LogP contribution in [0.2, 0.25) is 0 Å². The zero-order valence-electron chi connectivity index (χ0n) is 11.9. The molecule has 2 aromatic rings. The first-order valence-corrected chi connectivity index (χ1v) is 6.51. The molecule has 0 radical (unpaired) electrons. The molecule has 0 bridgehead atoms. The first-order valence-electron chi connectivity index (χ1n) is 6.51. The Balaban J connectivity index is 2.18. The van der Waals surface area contributed by atoms with Crippen molar-refractivity contribution in [2.24, 2.45) is 0 Å². The standard InChI is InChI=1S/C16H17FN2O2/c1-10(11-4-3-5-12(17)8-11)19-16(20)14-9-13(21-2)6-7-15(14)18/h3-10H,18H2,1-2H3,(H,19,20)/t10-/m1/s1. The molecule has 0 unspecified atom stereocenters. The number of carbonyl (C=O) groups excluding carboxylic acids is 1. The average Bonchev–Trinajstić information content (AvgIpc) is 2.47. The van der Waals surface area contributed by atoms with Gasteiger partial charge in [0.25, 0.3) is 5.91 Å². The topological polar surface area (TPSA) is 64.3 Å². The number of nitrogen functional groups attached to an aromatic ring is 1. The molecule has 2 aromatic carbocycles. The SMILES string of the molecule is COc1ccc(N)c(C(=O)N[C@H](C)c2cccc(F)c2)c1. The van der Waals surface area contributed by atoms with Gasteiger partial charge in [-0.15, -0.1) is 0 Å². The fraction of sp³-hybridized carbons (Fsp3) is 0.188. The summed E-state index contributed by atoms with van der Waals surface area (Å²) in [6.07, 6.45) is 0. The molecule has 0 aliphatic heterocycles. The number of amides is 1. The van der Waals surface area contributed by atoms with Gasteiger partial charge in [0.15, 0.2) is 0 Å². The average molecular weight is 288 g/mol. The van der Waals surface area contributed by atoms with E-state index in [1.165, 1.54) is 19.2 Å². The Labute approximate surface area is 122 Å². The van der Waals surface area contributed by atoms with Gasteiger partial charge in [0.1, 0.15) is 11.6 Å². The molecule has 0 saturated carbocycles. The van der Waals surface area contributed by atoms with Gasteiger partial charge in [0.2, 0.25) is 0 Å². The summed E-state index contributed by atoms with van der Waals surface area (Å²) in [5.41, 5.74) is 7.18. The molecule has 0 aliphatic rings. The van der Waals surface area contributed by atoms with Gasteiger partial charge in [0, 0.05) is 5.69 Å². The molecule has 0 aromatic heterocycles. The van der Waals surface area contributed by atoms with Gasteiger partial charge in [-0.2, -0.15) is 0 Å². The number of hydrogen-bond donors (Lipinski definition) is 2. The van der Waals surface area contributed by atoms with Crippen LogP contribution in [0.4, 0.5) is 10.1 Å². The van der Waals surface area contributed by atoms with Crippen LogP contribution in [0.1, 0.15) is 28.9 Å². The van der Waals surface area contributed by atoms with Crippen molar-refractivity contribution in [3.05, 3.63) is 59.4 Å². The maximum atomic E-state index is 13.2. The van der Waals surface area contributed by atoms with Crippen LogP contribution in [0.15, 0.2) is 42.5 Å². The lowest BCUT2D eigenvalue weighted by atomic mass is 10.1. The van der Waals surface area contributed by atoms with E-state index in [2.05, 4.69) is 5.32 Å². The predicted octanol–water partition coefficient (Wildman–Crippen LogP) is 2.91. The zero-order chi connectivity index (χ0) is 15.4. The van der Waals surface area contributed by atoms with Crippen LogP contribution in [0.5, 0.6) is 5.75 Å². The monoisotopic (exact) mass is 288 g/mol. The van der Waals surface area contributed by atoms with Crippen LogP contribution in [0.3, 0.4) is 0 Å². The highest BCUT2D eigenvalue weighted by molar-refractivity contribution is 5.99. The molecule has 0 fully saturated rings. The molecule has 21 heavy (non-hydrogen) atoms. The number of carbonyl (C=O) groups is 1. The summed E-state index contributed by atoms with van der Waals surface area (Å²) >= 11 is 0. The summed E-state index contributed by atoms with van der Waals surface area (Å²) in [6.45, 7) is 1.78. The molecule has 0 saturated heterocycles. The Morgan fingerprint density at radius 2 is 2.05 bits per heavy atom. The van der Waals surface area contributed by atoms with Crippen LogP contribution in [-0.2, 0) is 0 Å². The fourth-order valence-electron chi connectivity index (χ4n) is 1.99. The summed E-state index contributed by atoms with van der Waals surface area (Å²) in [5, 5.41) is 2.79. The van der Waals surface area contributed by atoms with Gasteiger partial charge in [-0.1, -0.05) is 12.1 Å². The van der Waals surface area contributed by atoms with Crippen molar-refractivity contribution in [1.29, 1.82) is 0 Å². The highest BCUT2D eigenvalue weighted by Crippen LogP contribution is 2.21. The van der Waals surface area contributed by atoms with Crippen molar-refractivity contribution >= 4 is 11.6 Å². The molecule has 4 nitrogen and oxygen atoms in total. The Kier molecular flexibility index (Phi) is 4.42. The Morgan fingerprint density at radius 3 is 2.71 bits per heavy atom.